The second-order valence-electron chi connectivity index (χ2n) is 5.96. The van der Waals surface area contributed by atoms with E-state index in [-0.39, 0.29) is 11.2 Å². The summed E-state index contributed by atoms with van der Waals surface area (Å²) in [6.07, 6.45) is 3.63. The van der Waals surface area contributed by atoms with E-state index in [0.717, 1.165) is 6.42 Å². The maximum atomic E-state index is 6.14. The SMILES string of the molecule is CCCC(NC)C1CC(C)(C)OC1(C)C. The van der Waals surface area contributed by atoms with Gasteiger partial charge in [0.1, 0.15) is 0 Å². The van der Waals surface area contributed by atoms with Gasteiger partial charge in [-0.15, -0.1) is 0 Å². The monoisotopic (exact) mass is 213 g/mol. The Hall–Kier alpha value is -0.0800. The first kappa shape index (κ1) is 13.0. The van der Waals surface area contributed by atoms with Crippen molar-refractivity contribution in [2.24, 2.45) is 5.92 Å². The molecule has 0 bridgehead atoms. The van der Waals surface area contributed by atoms with Crippen LogP contribution in [0.1, 0.15) is 53.9 Å². The third-order valence-electron chi connectivity index (χ3n) is 3.60. The Bertz CT molecular complexity index is 211. The summed E-state index contributed by atoms with van der Waals surface area (Å²) in [7, 11) is 2.07. The van der Waals surface area contributed by atoms with E-state index in [1.165, 1.54) is 12.8 Å². The average molecular weight is 213 g/mol. The molecule has 2 atom stereocenters. The van der Waals surface area contributed by atoms with Crippen LogP contribution in [0.5, 0.6) is 0 Å². The molecule has 0 spiro atoms. The summed E-state index contributed by atoms with van der Waals surface area (Å²) in [4.78, 5) is 0. The highest BCUT2D eigenvalue weighted by Crippen LogP contribution is 2.44. The van der Waals surface area contributed by atoms with Crippen LogP contribution in [0.25, 0.3) is 0 Å². The highest BCUT2D eigenvalue weighted by molar-refractivity contribution is 4.99. The molecule has 0 aromatic heterocycles. The first-order valence-electron chi connectivity index (χ1n) is 6.20. The van der Waals surface area contributed by atoms with Gasteiger partial charge in [0.25, 0.3) is 0 Å². The Morgan fingerprint density at radius 3 is 2.27 bits per heavy atom. The molecular weight excluding hydrogens is 186 g/mol. The second-order valence-corrected chi connectivity index (χ2v) is 5.96. The first-order valence-corrected chi connectivity index (χ1v) is 6.20. The lowest BCUT2D eigenvalue weighted by Crippen LogP contribution is -2.42. The van der Waals surface area contributed by atoms with Gasteiger partial charge < -0.3 is 10.1 Å². The van der Waals surface area contributed by atoms with Crippen LogP contribution in [0.4, 0.5) is 0 Å². The molecular formula is C13H27NO. The summed E-state index contributed by atoms with van der Waals surface area (Å²) in [5.41, 5.74) is 0.0450. The topological polar surface area (TPSA) is 21.3 Å². The maximum absolute atomic E-state index is 6.14. The number of ether oxygens (including phenoxy) is 1. The van der Waals surface area contributed by atoms with Crippen LogP contribution in [-0.2, 0) is 4.74 Å². The average Bonchev–Trinajstić information content (AvgIpc) is 2.30. The molecule has 1 aliphatic rings. The van der Waals surface area contributed by atoms with E-state index in [1.54, 1.807) is 0 Å². The van der Waals surface area contributed by atoms with Gasteiger partial charge in [0.05, 0.1) is 11.2 Å². The molecule has 0 aromatic carbocycles. The van der Waals surface area contributed by atoms with Crippen LogP contribution in [0, 0.1) is 5.92 Å². The van der Waals surface area contributed by atoms with E-state index < -0.39 is 0 Å². The molecule has 1 N–H and O–H groups in total. The summed E-state index contributed by atoms with van der Waals surface area (Å²) in [6.45, 7) is 11.1. The number of hydrogen-bond donors (Lipinski definition) is 1. The fraction of sp³-hybridized carbons (Fsp3) is 1.00. The van der Waals surface area contributed by atoms with Gasteiger partial charge in [-0.1, -0.05) is 13.3 Å². The first-order chi connectivity index (χ1) is 6.82. The van der Waals surface area contributed by atoms with Gasteiger partial charge in [-0.05, 0) is 47.6 Å². The Morgan fingerprint density at radius 2 is 1.93 bits per heavy atom. The lowest BCUT2D eigenvalue weighted by Gasteiger charge is -2.32. The molecule has 0 aliphatic carbocycles. The fourth-order valence-electron chi connectivity index (χ4n) is 3.09. The van der Waals surface area contributed by atoms with Crippen LogP contribution < -0.4 is 5.32 Å². The van der Waals surface area contributed by atoms with E-state index in [4.69, 9.17) is 4.74 Å². The number of rotatable bonds is 4. The summed E-state index contributed by atoms with van der Waals surface area (Å²) in [5, 5.41) is 3.46. The van der Waals surface area contributed by atoms with E-state index in [0.29, 0.717) is 12.0 Å². The second kappa shape index (κ2) is 4.42. The van der Waals surface area contributed by atoms with Crippen molar-refractivity contribution in [2.45, 2.75) is 71.1 Å². The van der Waals surface area contributed by atoms with Gasteiger partial charge in [-0.3, -0.25) is 0 Å². The molecule has 0 amide bonds. The maximum Gasteiger partial charge on any atom is 0.0677 e. The molecule has 1 saturated heterocycles. The van der Waals surface area contributed by atoms with Crippen molar-refractivity contribution in [3.63, 3.8) is 0 Å². The third-order valence-corrected chi connectivity index (χ3v) is 3.60. The standard InChI is InChI=1S/C13H27NO/c1-7-8-11(14-6)10-9-12(2,3)15-13(10,4)5/h10-11,14H,7-9H2,1-6H3. The lowest BCUT2D eigenvalue weighted by atomic mass is 9.80. The predicted octanol–water partition coefficient (Wildman–Crippen LogP) is 2.97. The van der Waals surface area contributed by atoms with Gasteiger partial charge in [0, 0.05) is 12.0 Å². The third kappa shape index (κ3) is 2.94. The van der Waals surface area contributed by atoms with Gasteiger partial charge >= 0.3 is 0 Å². The highest BCUT2D eigenvalue weighted by atomic mass is 16.5. The fourth-order valence-corrected chi connectivity index (χ4v) is 3.09. The van der Waals surface area contributed by atoms with E-state index in [2.05, 4.69) is 47.0 Å². The van der Waals surface area contributed by atoms with Crippen molar-refractivity contribution in [2.75, 3.05) is 7.05 Å². The lowest BCUT2D eigenvalue weighted by molar-refractivity contribution is -0.0777. The van der Waals surface area contributed by atoms with Crippen molar-refractivity contribution >= 4 is 0 Å². The zero-order chi connectivity index (χ0) is 11.7. The van der Waals surface area contributed by atoms with E-state index in [1.807, 2.05) is 0 Å². The van der Waals surface area contributed by atoms with Crippen molar-refractivity contribution in [1.82, 2.24) is 5.32 Å². The summed E-state index contributed by atoms with van der Waals surface area (Å²) in [5.74, 6) is 0.623. The molecule has 1 aliphatic heterocycles. The van der Waals surface area contributed by atoms with Crippen LogP contribution in [0.15, 0.2) is 0 Å². The van der Waals surface area contributed by atoms with E-state index >= 15 is 0 Å². The summed E-state index contributed by atoms with van der Waals surface area (Å²) in [6, 6.07) is 0.590. The van der Waals surface area contributed by atoms with Gasteiger partial charge in [0.15, 0.2) is 0 Å². The zero-order valence-electron chi connectivity index (χ0n) is 11.2. The van der Waals surface area contributed by atoms with Gasteiger partial charge in [0.2, 0.25) is 0 Å². The Morgan fingerprint density at radius 1 is 1.33 bits per heavy atom. The van der Waals surface area contributed by atoms with Crippen molar-refractivity contribution in [3.8, 4) is 0 Å². The summed E-state index contributed by atoms with van der Waals surface area (Å²) >= 11 is 0. The summed E-state index contributed by atoms with van der Waals surface area (Å²) < 4.78 is 6.14. The zero-order valence-corrected chi connectivity index (χ0v) is 11.2. The van der Waals surface area contributed by atoms with Gasteiger partial charge in [-0.25, -0.2) is 0 Å². The molecule has 1 heterocycles. The van der Waals surface area contributed by atoms with Crippen LogP contribution in [0.3, 0.4) is 0 Å². The Kier molecular flexibility index (Phi) is 3.83. The number of hydrogen-bond acceptors (Lipinski definition) is 2. The van der Waals surface area contributed by atoms with Gasteiger partial charge in [-0.2, -0.15) is 0 Å². The number of nitrogens with one attached hydrogen (secondary N) is 1. The molecule has 15 heavy (non-hydrogen) atoms. The molecule has 2 unspecified atom stereocenters. The molecule has 1 rings (SSSR count). The van der Waals surface area contributed by atoms with Crippen LogP contribution in [-0.4, -0.2) is 24.3 Å². The molecule has 0 saturated carbocycles. The molecule has 2 nitrogen and oxygen atoms in total. The Labute approximate surface area is 94.8 Å². The van der Waals surface area contributed by atoms with E-state index in [9.17, 15) is 0 Å². The molecule has 0 aromatic rings. The smallest absolute Gasteiger partial charge is 0.0677 e. The highest BCUT2D eigenvalue weighted by Gasteiger charge is 2.48. The molecule has 0 radical (unpaired) electrons. The van der Waals surface area contributed by atoms with Crippen molar-refractivity contribution < 1.29 is 4.74 Å². The largest absolute Gasteiger partial charge is 0.369 e. The normalized spacial score (nSPS) is 30.4. The van der Waals surface area contributed by atoms with Crippen LogP contribution in [0.2, 0.25) is 0 Å². The van der Waals surface area contributed by atoms with Crippen molar-refractivity contribution in [3.05, 3.63) is 0 Å². The molecule has 2 heteroatoms. The Balaban J connectivity index is 2.75. The minimum atomic E-state index is 0.00630. The minimum Gasteiger partial charge on any atom is -0.369 e. The minimum absolute atomic E-state index is 0.00630. The predicted molar refractivity (Wildman–Crippen MR) is 65.1 cm³/mol. The van der Waals surface area contributed by atoms with Crippen molar-refractivity contribution in [1.29, 1.82) is 0 Å². The molecule has 90 valence electrons. The van der Waals surface area contributed by atoms with Crippen LogP contribution >= 0.6 is 0 Å². The molecule has 1 fully saturated rings. The quantitative estimate of drug-likeness (QED) is 0.775.